The molecule has 0 radical (unpaired) electrons. The zero-order valence-electron chi connectivity index (χ0n) is 16.7. The van der Waals surface area contributed by atoms with Gasteiger partial charge in [-0.3, -0.25) is 0 Å². The minimum absolute atomic E-state index is 0.00582. The van der Waals surface area contributed by atoms with E-state index in [-0.39, 0.29) is 23.6 Å². The first kappa shape index (κ1) is 21.4. The number of nitrogens with zero attached hydrogens (tertiary/aromatic N) is 1. The molecule has 9 nitrogen and oxygen atoms in total. The Morgan fingerprint density at radius 2 is 1.74 bits per heavy atom. The lowest BCUT2D eigenvalue weighted by atomic mass is 10.1. The Bertz CT molecular complexity index is 1090. The highest BCUT2D eigenvalue weighted by molar-refractivity contribution is 6.05. The Morgan fingerprint density at radius 1 is 1.00 bits per heavy atom. The summed E-state index contributed by atoms with van der Waals surface area (Å²) in [6.07, 6.45) is 6.26. The van der Waals surface area contributed by atoms with Gasteiger partial charge in [0.05, 0.1) is 25.5 Å². The number of carboxylic acid groups (broad SMARTS) is 1. The van der Waals surface area contributed by atoms with E-state index < -0.39 is 17.9 Å². The van der Waals surface area contributed by atoms with Crippen LogP contribution in [-0.4, -0.2) is 37.2 Å². The summed E-state index contributed by atoms with van der Waals surface area (Å²) in [7, 11) is 2.42. The maximum Gasteiger partial charge on any atom is 0.371 e. The van der Waals surface area contributed by atoms with Crippen LogP contribution in [0.1, 0.15) is 16.3 Å². The normalized spacial score (nSPS) is 13.0. The van der Waals surface area contributed by atoms with Crippen molar-refractivity contribution in [3.05, 3.63) is 83.6 Å². The Hall–Kier alpha value is -4.27. The topological polar surface area (TPSA) is 116 Å². The highest BCUT2D eigenvalue weighted by atomic mass is 16.5. The first-order valence-electron chi connectivity index (χ1n) is 9.05. The molecule has 1 aliphatic heterocycles. The maximum atomic E-state index is 12.6. The van der Waals surface area contributed by atoms with Crippen molar-refractivity contribution in [3.8, 4) is 5.75 Å². The third-order valence-corrected chi connectivity index (χ3v) is 4.26. The molecule has 9 heteroatoms. The molecule has 0 spiro atoms. The van der Waals surface area contributed by atoms with E-state index in [1.807, 2.05) is 0 Å². The van der Waals surface area contributed by atoms with Crippen LogP contribution in [0.2, 0.25) is 0 Å². The summed E-state index contributed by atoms with van der Waals surface area (Å²) in [4.78, 5) is 37.3. The van der Waals surface area contributed by atoms with Crippen molar-refractivity contribution in [1.82, 2.24) is 0 Å². The van der Waals surface area contributed by atoms with Gasteiger partial charge in [-0.05, 0) is 36.4 Å². The van der Waals surface area contributed by atoms with Gasteiger partial charge in [0.15, 0.2) is 0 Å². The molecule has 1 N–H and O–H groups in total. The van der Waals surface area contributed by atoms with E-state index in [4.69, 9.17) is 23.7 Å². The molecule has 2 heterocycles. The Kier molecular flexibility index (Phi) is 6.56. The van der Waals surface area contributed by atoms with Crippen LogP contribution in [0.25, 0.3) is 0 Å². The van der Waals surface area contributed by atoms with Gasteiger partial charge in [0.2, 0.25) is 5.76 Å². The third kappa shape index (κ3) is 4.67. The number of carboxylic acids is 1. The predicted molar refractivity (Wildman–Crippen MR) is 108 cm³/mol. The third-order valence-electron chi connectivity index (χ3n) is 4.26. The van der Waals surface area contributed by atoms with Gasteiger partial charge in [-0.1, -0.05) is 18.2 Å². The lowest BCUT2D eigenvalue weighted by Crippen LogP contribution is -2.27. The van der Waals surface area contributed by atoms with Crippen molar-refractivity contribution in [2.24, 2.45) is 0 Å². The summed E-state index contributed by atoms with van der Waals surface area (Å²) < 4.78 is 20.7. The smallest absolute Gasteiger partial charge is 0.371 e. The number of aromatic carboxylic acids is 1. The summed E-state index contributed by atoms with van der Waals surface area (Å²) in [5.41, 5.74) is 0.391. The molecule has 0 saturated heterocycles. The number of anilines is 1. The molecule has 31 heavy (non-hydrogen) atoms. The second-order valence-electron chi connectivity index (χ2n) is 6.14. The number of rotatable bonds is 7. The van der Waals surface area contributed by atoms with Crippen molar-refractivity contribution >= 4 is 23.6 Å². The van der Waals surface area contributed by atoms with E-state index in [0.717, 1.165) is 0 Å². The number of esters is 2. The number of furan rings is 1. The minimum atomic E-state index is -1.18. The standard InChI is InChI=1S/C22H19NO8/c1-28-21(26)15-7-5-6-12-23(19(15)22(27)29-2)16-8-3-4-9-17(16)30-13-14-10-11-18(31-14)20(24)25/h3-12H,13H2,1-2H3,(H,24,25). The summed E-state index contributed by atoms with van der Waals surface area (Å²) in [6.45, 7) is -0.0543. The lowest BCUT2D eigenvalue weighted by Gasteiger charge is -2.25. The first-order chi connectivity index (χ1) is 15.0. The molecule has 160 valence electrons. The number of ether oxygens (including phenoxy) is 3. The molecule has 3 rings (SSSR count). The summed E-state index contributed by atoms with van der Waals surface area (Å²) >= 11 is 0. The van der Waals surface area contributed by atoms with Crippen LogP contribution in [-0.2, 0) is 25.7 Å². The molecular weight excluding hydrogens is 406 g/mol. The molecule has 0 amide bonds. The summed E-state index contributed by atoms with van der Waals surface area (Å²) in [6, 6.07) is 9.64. The van der Waals surface area contributed by atoms with Crippen molar-refractivity contribution in [3.63, 3.8) is 0 Å². The lowest BCUT2D eigenvalue weighted by molar-refractivity contribution is -0.139. The first-order valence-corrected chi connectivity index (χ1v) is 9.05. The van der Waals surface area contributed by atoms with Crippen LogP contribution in [0.5, 0.6) is 5.75 Å². The monoisotopic (exact) mass is 425 g/mol. The van der Waals surface area contributed by atoms with E-state index in [1.54, 1.807) is 42.6 Å². The molecular formula is C22H19NO8. The van der Waals surface area contributed by atoms with E-state index >= 15 is 0 Å². The average molecular weight is 425 g/mol. The summed E-state index contributed by atoms with van der Waals surface area (Å²) in [5, 5.41) is 8.98. The minimum Gasteiger partial charge on any atom is -0.483 e. The Balaban J connectivity index is 1.99. The highest BCUT2D eigenvalue weighted by Gasteiger charge is 2.28. The van der Waals surface area contributed by atoms with Gasteiger partial charge in [0.25, 0.3) is 0 Å². The quantitative estimate of drug-likeness (QED) is 0.668. The molecule has 0 aliphatic carbocycles. The molecule has 0 fully saturated rings. The second-order valence-corrected chi connectivity index (χ2v) is 6.14. The summed E-state index contributed by atoms with van der Waals surface area (Å²) in [5.74, 6) is -2.18. The largest absolute Gasteiger partial charge is 0.483 e. The van der Waals surface area contributed by atoms with Gasteiger partial charge in [0.1, 0.15) is 23.8 Å². The van der Waals surface area contributed by atoms with Gasteiger partial charge in [-0.2, -0.15) is 0 Å². The van der Waals surface area contributed by atoms with Crippen LogP contribution in [0.15, 0.2) is 76.5 Å². The van der Waals surface area contributed by atoms with Crippen LogP contribution in [0, 0.1) is 0 Å². The zero-order valence-corrected chi connectivity index (χ0v) is 16.7. The number of hydrogen-bond acceptors (Lipinski definition) is 8. The Labute approximate surface area is 177 Å². The number of allylic oxidation sites excluding steroid dienone is 2. The van der Waals surface area contributed by atoms with E-state index in [9.17, 15) is 14.4 Å². The fourth-order valence-corrected chi connectivity index (χ4v) is 2.85. The molecule has 0 unspecified atom stereocenters. The zero-order chi connectivity index (χ0) is 22.4. The van der Waals surface area contributed by atoms with Crippen molar-refractivity contribution < 1.29 is 38.1 Å². The maximum absolute atomic E-state index is 12.6. The molecule has 1 aromatic heterocycles. The number of para-hydroxylation sites is 2. The van der Waals surface area contributed by atoms with Crippen molar-refractivity contribution in [2.45, 2.75) is 6.61 Å². The average Bonchev–Trinajstić information content (AvgIpc) is 3.16. The van der Waals surface area contributed by atoms with E-state index in [0.29, 0.717) is 17.2 Å². The van der Waals surface area contributed by atoms with Gasteiger partial charge < -0.3 is 28.6 Å². The number of benzene rings is 1. The highest BCUT2D eigenvalue weighted by Crippen LogP contribution is 2.34. The fraction of sp³-hybridized carbons (Fsp3) is 0.136. The molecule has 0 saturated carbocycles. The van der Waals surface area contributed by atoms with Crippen LogP contribution in [0.4, 0.5) is 5.69 Å². The SMILES string of the molecule is COC(=O)C1=C(C(=O)OC)N(c2ccccc2OCc2ccc(C(=O)O)o2)C=CC=C1. The van der Waals surface area contributed by atoms with Gasteiger partial charge in [-0.15, -0.1) is 0 Å². The molecule has 0 bridgehead atoms. The number of carbonyl (C=O) groups is 3. The number of hydrogen-bond donors (Lipinski definition) is 1. The molecule has 0 atom stereocenters. The van der Waals surface area contributed by atoms with Gasteiger partial charge >= 0.3 is 17.9 Å². The van der Waals surface area contributed by atoms with Crippen LogP contribution >= 0.6 is 0 Å². The second kappa shape index (κ2) is 9.49. The van der Waals surface area contributed by atoms with Gasteiger partial charge in [-0.25, -0.2) is 14.4 Å². The van der Waals surface area contributed by atoms with E-state index in [2.05, 4.69) is 0 Å². The Morgan fingerprint density at radius 3 is 2.42 bits per heavy atom. The van der Waals surface area contributed by atoms with E-state index in [1.165, 1.54) is 37.3 Å². The van der Waals surface area contributed by atoms with Crippen LogP contribution in [0.3, 0.4) is 0 Å². The molecule has 2 aromatic rings. The van der Waals surface area contributed by atoms with Crippen molar-refractivity contribution in [1.29, 1.82) is 0 Å². The number of carbonyl (C=O) groups excluding carboxylic acids is 2. The number of methoxy groups -OCH3 is 2. The molecule has 1 aliphatic rings. The fourth-order valence-electron chi connectivity index (χ4n) is 2.85. The molecule has 1 aromatic carbocycles. The van der Waals surface area contributed by atoms with Crippen LogP contribution < -0.4 is 9.64 Å². The van der Waals surface area contributed by atoms with Crippen molar-refractivity contribution in [2.75, 3.05) is 19.1 Å². The van der Waals surface area contributed by atoms with Gasteiger partial charge in [0, 0.05) is 6.20 Å². The predicted octanol–water partition coefficient (Wildman–Crippen LogP) is 3.05.